The Labute approximate surface area is 496 Å². The molecule has 0 saturated heterocycles. The molecule has 452 valence electrons. The van der Waals surface area contributed by atoms with Crippen LogP contribution in [0, 0.1) is 118 Å². The van der Waals surface area contributed by atoms with Crippen LogP contribution in [-0.4, -0.2) is 46.1 Å². The molecule has 0 aromatic heterocycles. The summed E-state index contributed by atoms with van der Waals surface area (Å²) in [5.41, 5.74) is 0. The van der Waals surface area contributed by atoms with Gasteiger partial charge >= 0.3 is 0 Å². The highest BCUT2D eigenvalue weighted by Crippen LogP contribution is 2.66. The fourth-order valence-corrected chi connectivity index (χ4v) is 25.4. The topological polar surface area (TPSA) is 6.48 Å². The zero-order chi connectivity index (χ0) is 54.1. The molecule has 13 rings (SSSR count). The molecule has 13 fully saturated rings. The highest BCUT2D eigenvalue weighted by Gasteiger charge is 2.60. The zero-order valence-electron chi connectivity index (χ0n) is 53.3. The average molecular weight is 1100 g/mol. The summed E-state index contributed by atoms with van der Waals surface area (Å²) in [5, 5.41) is 0. The lowest BCUT2D eigenvalue weighted by atomic mass is 9.42. The first-order valence-electron chi connectivity index (χ1n) is 38.2. The van der Waals surface area contributed by atoms with Crippen LogP contribution in [0.5, 0.6) is 0 Å². The lowest BCUT2D eigenvalue weighted by molar-refractivity contribution is -0.156. The van der Waals surface area contributed by atoms with Crippen molar-refractivity contribution in [1.82, 2.24) is 9.80 Å². The fraction of sp³-hybridized carbons (Fsp3) is 0.949. The quantitative estimate of drug-likeness (QED) is 0.180. The molecule has 13 aliphatic rings. The number of fused-ring (bicyclic) bond motifs is 4. The molecule has 2 nitrogen and oxygen atoms in total. The summed E-state index contributed by atoms with van der Waals surface area (Å²) in [6.07, 6.45) is 78.4. The molecule has 0 heterocycles. The first-order chi connectivity index (χ1) is 39.3. The number of nitrogens with zero attached hydrogens (tertiary/aromatic N) is 2. The number of hydrogen-bond donors (Lipinski definition) is 0. The molecule has 0 spiro atoms. The van der Waals surface area contributed by atoms with Crippen LogP contribution in [-0.2, 0) is 0 Å². The van der Waals surface area contributed by atoms with Gasteiger partial charge in [0.1, 0.15) is 0 Å². The Hall–Kier alpha value is -0.600. The van der Waals surface area contributed by atoms with Gasteiger partial charge in [-0.15, -0.1) is 0 Å². The van der Waals surface area contributed by atoms with Gasteiger partial charge in [0.05, 0.1) is 0 Å². The van der Waals surface area contributed by atoms with E-state index in [1.165, 1.54) is 154 Å². The third-order valence-corrected chi connectivity index (χ3v) is 29.5. The summed E-state index contributed by atoms with van der Waals surface area (Å²) in [7, 11) is 0. The predicted octanol–water partition coefficient (Wildman–Crippen LogP) is 21.7. The predicted molar refractivity (Wildman–Crippen MR) is 340 cm³/mol. The van der Waals surface area contributed by atoms with E-state index < -0.39 is 0 Å². The van der Waals surface area contributed by atoms with Crippen molar-refractivity contribution < 1.29 is 0 Å². The molecule has 0 amide bonds. The number of rotatable bonds is 12. The van der Waals surface area contributed by atoms with Crippen molar-refractivity contribution in [1.29, 1.82) is 0 Å². The normalized spacial score (nSPS) is 49.9. The Morgan fingerprint density at radius 1 is 0.200 bits per heavy atom. The lowest BCUT2D eigenvalue weighted by Crippen LogP contribution is -2.61. The first kappa shape index (κ1) is 58.4. The van der Waals surface area contributed by atoms with E-state index in [0.29, 0.717) is 0 Å². The van der Waals surface area contributed by atoms with E-state index in [2.05, 4.69) is 61.8 Å². The summed E-state index contributed by atoms with van der Waals surface area (Å²) in [6, 6.07) is 5.29. The average Bonchev–Trinajstić information content (AvgIpc) is 3.66. The molecule has 13 saturated carbocycles. The van der Waals surface area contributed by atoms with Crippen molar-refractivity contribution in [2.45, 2.75) is 346 Å². The first-order valence-corrected chi connectivity index (χ1v) is 38.2. The summed E-state index contributed by atoms with van der Waals surface area (Å²) < 4.78 is 0. The van der Waals surface area contributed by atoms with Gasteiger partial charge in [-0.1, -0.05) is 129 Å². The van der Waals surface area contributed by atoms with Crippen LogP contribution in [0.25, 0.3) is 0 Å². The summed E-state index contributed by atoms with van der Waals surface area (Å²) in [4.78, 5) is 6.90. The molecule has 0 aromatic carbocycles. The van der Waals surface area contributed by atoms with Crippen molar-refractivity contribution >= 4 is 0 Å². The van der Waals surface area contributed by atoms with Crippen LogP contribution in [0.2, 0.25) is 0 Å². The van der Waals surface area contributed by atoms with E-state index in [1.54, 1.807) is 128 Å². The minimum absolute atomic E-state index is 0.857. The molecular weight excluding hydrogens is 965 g/mol. The van der Waals surface area contributed by atoms with Gasteiger partial charge in [-0.05, 0) is 324 Å². The van der Waals surface area contributed by atoms with Gasteiger partial charge in [0.25, 0.3) is 0 Å². The minimum atomic E-state index is 0.857. The Kier molecular flexibility index (Phi) is 19.9. The number of allylic oxidation sites excluding steroid dienone is 4. The van der Waals surface area contributed by atoms with Gasteiger partial charge in [0.2, 0.25) is 0 Å². The molecule has 12 unspecified atom stereocenters. The second kappa shape index (κ2) is 27.2. The Bertz CT molecular complexity index is 1760. The van der Waals surface area contributed by atoms with E-state index in [4.69, 9.17) is 0 Å². The third kappa shape index (κ3) is 12.9. The molecular formula is C78H130N2. The van der Waals surface area contributed by atoms with Crippen molar-refractivity contribution in [3.05, 3.63) is 24.3 Å². The van der Waals surface area contributed by atoms with Crippen LogP contribution in [0.3, 0.4) is 0 Å². The zero-order valence-corrected chi connectivity index (χ0v) is 53.3. The summed E-state index contributed by atoms with van der Waals surface area (Å²) >= 11 is 0. The molecule has 12 atom stereocenters. The SMILES string of the molecule is CC1CCC(/C=C/C2CCC(N(C3CCC(C)CC3)C3CCC(C4C5CCCCC5C(C5CCC(N(C6CCC(C)CC6)C6CCC(/C=C/C7CCC(C)CC7)CC6)C6CCCCC56)C5CCCCC54)C4CCCCC43)CC2)CC1. The second-order valence-electron chi connectivity index (χ2n) is 33.9. The largest absolute Gasteiger partial charge is 0.294 e. The van der Waals surface area contributed by atoms with E-state index in [9.17, 15) is 0 Å². The smallest absolute Gasteiger partial charge is 0.0132 e. The highest BCUT2D eigenvalue weighted by molar-refractivity contribution is 5.11. The molecule has 0 bridgehead atoms. The van der Waals surface area contributed by atoms with Crippen molar-refractivity contribution in [3.8, 4) is 0 Å². The molecule has 13 aliphatic carbocycles. The van der Waals surface area contributed by atoms with Crippen molar-refractivity contribution in [2.75, 3.05) is 0 Å². The monoisotopic (exact) mass is 1100 g/mol. The summed E-state index contributed by atoms with van der Waals surface area (Å²) in [5.74, 6) is 19.9. The van der Waals surface area contributed by atoms with Gasteiger partial charge in [0, 0.05) is 36.3 Å². The summed E-state index contributed by atoms with van der Waals surface area (Å²) in [6.45, 7) is 10.2. The number of hydrogen-bond acceptors (Lipinski definition) is 2. The molecule has 0 radical (unpaired) electrons. The van der Waals surface area contributed by atoms with Crippen LogP contribution in [0.15, 0.2) is 24.3 Å². The van der Waals surface area contributed by atoms with Crippen molar-refractivity contribution in [3.63, 3.8) is 0 Å². The van der Waals surface area contributed by atoms with Gasteiger partial charge in [-0.25, -0.2) is 0 Å². The van der Waals surface area contributed by atoms with E-state index >= 15 is 0 Å². The third-order valence-electron chi connectivity index (χ3n) is 29.5. The molecule has 0 aromatic rings. The van der Waals surface area contributed by atoms with Crippen molar-refractivity contribution in [2.24, 2.45) is 118 Å². The second-order valence-corrected chi connectivity index (χ2v) is 33.9. The maximum Gasteiger partial charge on any atom is 0.0132 e. The van der Waals surface area contributed by atoms with E-state index in [0.717, 1.165) is 155 Å². The van der Waals surface area contributed by atoms with Gasteiger partial charge in [-0.2, -0.15) is 0 Å². The maximum absolute atomic E-state index is 3.45. The molecule has 2 heteroatoms. The van der Waals surface area contributed by atoms with Gasteiger partial charge in [0.15, 0.2) is 0 Å². The molecule has 80 heavy (non-hydrogen) atoms. The van der Waals surface area contributed by atoms with E-state index in [1.807, 2.05) is 0 Å². The fourth-order valence-electron chi connectivity index (χ4n) is 25.4. The van der Waals surface area contributed by atoms with E-state index in [-0.39, 0.29) is 0 Å². The lowest BCUT2D eigenvalue weighted by Gasteiger charge is -2.64. The maximum atomic E-state index is 3.45. The van der Waals surface area contributed by atoms with Gasteiger partial charge < -0.3 is 0 Å². The van der Waals surface area contributed by atoms with Gasteiger partial charge in [-0.3, -0.25) is 9.80 Å². The standard InChI is InChI=1S/C78H130N2/c1-53-21-29-57(30-22-53)33-35-59-37-45-63(46-38-59)79(61-41-25-55(3)26-42-61)75-51-49-73(65-13-5-7-15-67(65)75)77-69-17-9-11-19-71(69)78(72-20-12-10-18-70(72)77)74-50-52-76(68-16-8-6-14-66(68)74)80(62-43-27-56(4)28-44-62)64-47-39-60(40-48-64)36-34-58-31-23-54(2)24-32-58/h33-36,53-78H,5-32,37-52H2,1-4H3/b35-33+,36-34+. The molecule has 0 N–H and O–H groups in total. The van der Waals surface area contributed by atoms with Crippen LogP contribution in [0.1, 0.15) is 310 Å². The van der Waals surface area contributed by atoms with Crippen LogP contribution < -0.4 is 0 Å². The molecule has 0 aliphatic heterocycles. The Morgan fingerprint density at radius 3 is 0.700 bits per heavy atom. The van der Waals surface area contributed by atoms with Crippen LogP contribution in [0.4, 0.5) is 0 Å². The minimum Gasteiger partial charge on any atom is -0.294 e. The van der Waals surface area contributed by atoms with Crippen LogP contribution >= 0.6 is 0 Å². The Morgan fingerprint density at radius 2 is 0.412 bits per heavy atom. The highest BCUT2D eigenvalue weighted by atomic mass is 15.2. The Balaban J connectivity index is 0.726.